The van der Waals surface area contributed by atoms with E-state index in [9.17, 15) is 0 Å². The number of hydrogen-bond donors (Lipinski definition) is 0. The molecule has 1 heterocycles. The molecular formula is C15H31BO2Si. The molecule has 0 bridgehead atoms. The summed E-state index contributed by atoms with van der Waals surface area (Å²) in [4.78, 5) is 0. The van der Waals surface area contributed by atoms with Crippen molar-refractivity contribution in [3.05, 3.63) is 0 Å². The second-order valence-electron chi connectivity index (χ2n) is 7.49. The van der Waals surface area contributed by atoms with Crippen LogP contribution >= 0.6 is 0 Å². The maximum Gasteiger partial charge on any atom is 0.192 e. The summed E-state index contributed by atoms with van der Waals surface area (Å²) < 4.78 is 12.6. The Kier molecular flexibility index (Phi) is 5.02. The van der Waals surface area contributed by atoms with Gasteiger partial charge in [0, 0.05) is 11.9 Å². The van der Waals surface area contributed by atoms with E-state index in [0.29, 0.717) is 5.92 Å². The van der Waals surface area contributed by atoms with Crippen molar-refractivity contribution in [2.75, 3.05) is 0 Å². The van der Waals surface area contributed by atoms with Gasteiger partial charge in [-0.05, 0) is 31.0 Å². The van der Waals surface area contributed by atoms with Crippen molar-refractivity contribution in [3.8, 4) is 0 Å². The van der Waals surface area contributed by atoms with Crippen LogP contribution in [0.4, 0.5) is 0 Å². The maximum absolute atomic E-state index is 6.54. The summed E-state index contributed by atoms with van der Waals surface area (Å²) in [6.07, 6.45) is 2.02. The largest absolute Gasteiger partial charge is 0.412 e. The fraction of sp³-hybridized carbons (Fsp3) is 1.00. The highest BCUT2D eigenvalue weighted by Crippen LogP contribution is 2.45. The van der Waals surface area contributed by atoms with E-state index < -0.39 is 8.32 Å². The fourth-order valence-corrected chi connectivity index (χ4v) is 4.15. The molecule has 0 aromatic heterocycles. The molecule has 1 aliphatic rings. The van der Waals surface area contributed by atoms with Crippen LogP contribution in [0.5, 0.6) is 0 Å². The van der Waals surface area contributed by atoms with Crippen LogP contribution in [0.3, 0.4) is 0 Å². The van der Waals surface area contributed by atoms with Gasteiger partial charge in [-0.3, -0.25) is 0 Å². The summed E-state index contributed by atoms with van der Waals surface area (Å²) in [5.74, 6) is 0.353. The Morgan fingerprint density at radius 3 is 2.00 bits per heavy atom. The monoisotopic (exact) mass is 282 g/mol. The first-order valence-electron chi connectivity index (χ1n) is 7.62. The van der Waals surface area contributed by atoms with Gasteiger partial charge in [-0.25, -0.2) is 0 Å². The Morgan fingerprint density at radius 2 is 1.68 bits per heavy atom. The molecule has 19 heavy (non-hydrogen) atoms. The van der Waals surface area contributed by atoms with E-state index in [4.69, 9.17) is 17.0 Å². The molecule has 0 saturated carbocycles. The van der Waals surface area contributed by atoms with E-state index >= 15 is 0 Å². The van der Waals surface area contributed by atoms with Gasteiger partial charge in [0.25, 0.3) is 0 Å². The van der Waals surface area contributed by atoms with Gasteiger partial charge in [0.15, 0.2) is 8.32 Å². The molecule has 0 amide bonds. The normalized spacial score (nSPS) is 31.7. The minimum absolute atomic E-state index is 0.0285. The minimum Gasteiger partial charge on any atom is -0.412 e. The summed E-state index contributed by atoms with van der Waals surface area (Å²) in [5, 5.41) is 0.204. The lowest BCUT2D eigenvalue weighted by Gasteiger charge is -2.41. The van der Waals surface area contributed by atoms with Gasteiger partial charge in [0.1, 0.15) is 7.85 Å². The van der Waals surface area contributed by atoms with Crippen molar-refractivity contribution in [3.63, 3.8) is 0 Å². The zero-order chi connectivity index (χ0) is 15.1. The number of hydrogen-bond acceptors (Lipinski definition) is 2. The van der Waals surface area contributed by atoms with Crippen molar-refractivity contribution in [1.29, 1.82) is 0 Å². The highest BCUT2D eigenvalue weighted by atomic mass is 28.4. The molecule has 110 valence electrons. The molecular weight excluding hydrogens is 251 g/mol. The molecule has 0 N–H and O–H groups in total. The second-order valence-corrected chi connectivity index (χ2v) is 12.2. The summed E-state index contributed by atoms with van der Waals surface area (Å²) in [7, 11) is 4.42. The summed E-state index contributed by atoms with van der Waals surface area (Å²) >= 11 is 0. The molecule has 0 aromatic carbocycles. The Balaban J connectivity index is 2.91. The second kappa shape index (κ2) is 5.53. The molecule has 2 nitrogen and oxygen atoms in total. The predicted molar refractivity (Wildman–Crippen MR) is 85.2 cm³/mol. The molecule has 2 radical (unpaired) electrons. The molecule has 1 fully saturated rings. The summed E-state index contributed by atoms with van der Waals surface area (Å²) in [5.41, 5.74) is -0.105. The number of ether oxygens (including phenoxy) is 1. The van der Waals surface area contributed by atoms with E-state index in [1.807, 2.05) is 0 Å². The minimum atomic E-state index is -1.80. The van der Waals surface area contributed by atoms with Crippen molar-refractivity contribution in [2.45, 2.75) is 90.2 Å². The van der Waals surface area contributed by atoms with Gasteiger partial charge in [0.2, 0.25) is 0 Å². The molecule has 0 aromatic rings. The molecule has 1 aliphatic heterocycles. The zero-order valence-corrected chi connectivity index (χ0v) is 15.0. The van der Waals surface area contributed by atoms with Gasteiger partial charge in [-0.15, -0.1) is 0 Å². The molecule has 1 rings (SSSR count). The number of rotatable bonds is 4. The molecule has 1 saturated heterocycles. The average molecular weight is 282 g/mol. The van der Waals surface area contributed by atoms with Crippen LogP contribution in [0, 0.1) is 5.92 Å². The van der Waals surface area contributed by atoms with Crippen LogP contribution in [0.1, 0.15) is 54.4 Å². The average Bonchev–Trinajstić information content (AvgIpc) is 2.52. The van der Waals surface area contributed by atoms with E-state index in [1.54, 1.807) is 0 Å². The van der Waals surface area contributed by atoms with Gasteiger partial charge >= 0.3 is 0 Å². The van der Waals surface area contributed by atoms with Crippen molar-refractivity contribution in [2.24, 2.45) is 5.92 Å². The van der Waals surface area contributed by atoms with E-state index in [2.05, 4.69) is 54.6 Å². The van der Waals surface area contributed by atoms with Crippen LogP contribution in [0.25, 0.3) is 0 Å². The standard InChI is InChI=1S/C15H31BO2Si/c1-9-15(10-2)11(3)12(13(16)17-15)18-19(7,8)14(4,5)6/h11-13H,9-10H2,1-8H3/t11-,12+,13+/m0/s1. The maximum atomic E-state index is 6.54. The van der Waals surface area contributed by atoms with Gasteiger partial charge in [0.05, 0.1) is 11.7 Å². The predicted octanol–water partition coefficient (Wildman–Crippen LogP) is 4.10. The van der Waals surface area contributed by atoms with Crippen LogP contribution < -0.4 is 0 Å². The molecule has 0 spiro atoms. The van der Waals surface area contributed by atoms with E-state index in [1.165, 1.54) is 0 Å². The molecule has 0 aliphatic carbocycles. The van der Waals surface area contributed by atoms with Gasteiger partial charge in [-0.2, -0.15) is 0 Å². The zero-order valence-electron chi connectivity index (χ0n) is 14.0. The molecule has 3 atom stereocenters. The lowest BCUT2D eigenvalue weighted by atomic mass is 9.80. The summed E-state index contributed by atoms with van der Waals surface area (Å²) in [6.45, 7) is 17.9. The van der Waals surface area contributed by atoms with Crippen LogP contribution in [0.15, 0.2) is 0 Å². The van der Waals surface area contributed by atoms with Crippen LogP contribution in [0.2, 0.25) is 18.1 Å². The van der Waals surface area contributed by atoms with E-state index in [0.717, 1.165) is 12.8 Å². The van der Waals surface area contributed by atoms with E-state index in [-0.39, 0.29) is 22.7 Å². The fourth-order valence-electron chi connectivity index (χ4n) is 2.78. The third-order valence-corrected chi connectivity index (χ3v) is 9.92. The Labute approximate surface area is 122 Å². The van der Waals surface area contributed by atoms with Gasteiger partial charge < -0.3 is 9.16 Å². The van der Waals surface area contributed by atoms with Crippen LogP contribution in [-0.2, 0) is 9.16 Å². The Morgan fingerprint density at radius 1 is 1.21 bits per heavy atom. The highest BCUT2D eigenvalue weighted by Gasteiger charge is 2.52. The quantitative estimate of drug-likeness (QED) is 0.723. The molecule has 4 heteroatoms. The van der Waals surface area contributed by atoms with Crippen molar-refractivity contribution < 1.29 is 9.16 Å². The lowest BCUT2D eigenvalue weighted by Crippen LogP contribution is -2.48. The van der Waals surface area contributed by atoms with Gasteiger partial charge in [-0.1, -0.05) is 41.5 Å². The first-order chi connectivity index (χ1) is 8.50. The van der Waals surface area contributed by atoms with Crippen molar-refractivity contribution >= 4 is 16.2 Å². The topological polar surface area (TPSA) is 18.5 Å². The Hall–Kier alpha value is 0.202. The SMILES string of the molecule is [B][C@@H]1OC(CC)(CC)[C@@H](C)[C@H]1O[Si](C)(C)C(C)(C)C. The first kappa shape index (κ1) is 17.3. The Bertz CT molecular complexity index is 308. The first-order valence-corrected chi connectivity index (χ1v) is 10.5. The van der Waals surface area contributed by atoms with Crippen LogP contribution in [-0.4, -0.2) is 33.9 Å². The highest BCUT2D eigenvalue weighted by molar-refractivity contribution is 6.74. The third kappa shape index (κ3) is 3.11. The molecule has 0 unspecified atom stereocenters. The smallest absolute Gasteiger partial charge is 0.192 e. The third-order valence-electron chi connectivity index (χ3n) is 5.45. The van der Waals surface area contributed by atoms with Crippen molar-refractivity contribution in [1.82, 2.24) is 0 Å². The summed E-state index contributed by atoms with van der Waals surface area (Å²) in [6, 6.07) is -0.288. The lowest BCUT2D eigenvalue weighted by molar-refractivity contribution is -0.0374.